The van der Waals surface area contributed by atoms with Crippen molar-refractivity contribution >= 4 is 0 Å². The predicted octanol–water partition coefficient (Wildman–Crippen LogP) is 2.69. The van der Waals surface area contributed by atoms with Crippen molar-refractivity contribution in [3.05, 3.63) is 30.0 Å². The summed E-state index contributed by atoms with van der Waals surface area (Å²) in [5, 5.41) is 7.40. The van der Waals surface area contributed by atoms with Crippen molar-refractivity contribution in [3.8, 4) is 11.5 Å². The SMILES string of the molecule is CCCC1(c2nc(-c3ccc(F)cn3)no2)CCNCC1. The van der Waals surface area contributed by atoms with Gasteiger partial charge in [0.15, 0.2) is 0 Å². The van der Waals surface area contributed by atoms with E-state index in [4.69, 9.17) is 4.52 Å². The van der Waals surface area contributed by atoms with Crippen molar-refractivity contribution in [2.75, 3.05) is 13.1 Å². The Balaban J connectivity index is 1.90. The lowest BCUT2D eigenvalue weighted by molar-refractivity contribution is 0.208. The quantitative estimate of drug-likeness (QED) is 0.938. The Morgan fingerprint density at radius 1 is 1.33 bits per heavy atom. The lowest BCUT2D eigenvalue weighted by atomic mass is 9.75. The number of nitrogens with one attached hydrogen (secondary N) is 1. The molecule has 0 bridgehead atoms. The predicted molar refractivity (Wildman–Crippen MR) is 76.2 cm³/mol. The first kappa shape index (κ1) is 14.1. The third-order valence-corrected chi connectivity index (χ3v) is 4.13. The molecule has 1 N–H and O–H groups in total. The molecule has 0 unspecified atom stereocenters. The second-order valence-electron chi connectivity index (χ2n) is 5.57. The summed E-state index contributed by atoms with van der Waals surface area (Å²) >= 11 is 0. The van der Waals surface area contributed by atoms with Crippen molar-refractivity contribution in [2.45, 2.75) is 38.0 Å². The van der Waals surface area contributed by atoms with Crippen molar-refractivity contribution in [1.29, 1.82) is 0 Å². The van der Waals surface area contributed by atoms with Gasteiger partial charge in [-0.25, -0.2) is 9.37 Å². The second kappa shape index (κ2) is 5.89. The maximum Gasteiger partial charge on any atom is 0.233 e. The summed E-state index contributed by atoms with van der Waals surface area (Å²) in [6, 6.07) is 2.92. The van der Waals surface area contributed by atoms with Gasteiger partial charge in [0.2, 0.25) is 11.7 Å². The topological polar surface area (TPSA) is 63.8 Å². The summed E-state index contributed by atoms with van der Waals surface area (Å²) in [4.78, 5) is 8.54. The molecule has 1 saturated heterocycles. The van der Waals surface area contributed by atoms with Crippen LogP contribution < -0.4 is 5.32 Å². The van der Waals surface area contributed by atoms with Gasteiger partial charge in [0.1, 0.15) is 11.5 Å². The van der Waals surface area contributed by atoms with Crippen molar-refractivity contribution in [2.24, 2.45) is 0 Å². The molecule has 5 nitrogen and oxygen atoms in total. The molecule has 2 aromatic heterocycles. The van der Waals surface area contributed by atoms with E-state index in [0.717, 1.165) is 45.0 Å². The van der Waals surface area contributed by atoms with Crippen molar-refractivity contribution in [1.82, 2.24) is 20.4 Å². The smallest absolute Gasteiger partial charge is 0.233 e. The molecule has 1 aliphatic rings. The number of aromatic nitrogens is 3. The van der Waals surface area contributed by atoms with Crippen LogP contribution >= 0.6 is 0 Å². The summed E-state index contributed by atoms with van der Waals surface area (Å²) in [7, 11) is 0. The molecule has 0 saturated carbocycles. The maximum atomic E-state index is 12.9. The Labute approximate surface area is 123 Å². The zero-order valence-corrected chi connectivity index (χ0v) is 12.1. The first-order valence-electron chi connectivity index (χ1n) is 7.40. The molecular formula is C15H19FN4O. The Hall–Kier alpha value is -1.82. The van der Waals surface area contributed by atoms with Gasteiger partial charge in [-0.3, -0.25) is 0 Å². The lowest BCUT2D eigenvalue weighted by Crippen LogP contribution is -2.40. The maximum absolute atomic E-state index is 12.9. The number of hydrogen-bond acceptors (Lipinski definition) is 5. The molecule has 3 heterocycles. The normalized spacial score (nSPS) is 17.8. The van der Waals surface area contributed by atoms with E-state index in [1.54, 1.807) is 6.07 Å². The summed E-state index contributed by atoms with van der Waals surface area (Å²) in [6.07, 6.45) is 5.27. The number of hydrogen-bond donors (Lipinski definition) is 1. The molecule has 1 aliphatic heterocycles. The average Bonchev–Trinajstić information content (AvgIpc) is 3.00. The number of pyridine rings is 1. The Morgan fingerprint density at radius 3 is 2.81 bits per heavy atom. The van der Waals surface area contributed by atoms with Gasteiger partial charge in [-0.15, -0.1) is 0 Å². The van der Waals surface area contributed by atoms with Crippen LogP contribution in [0.3, 0.4) is 0 Å². The van der Waals surface area contributed by atoms with Gasteiger partial charge in [0.25, 0.3) is 0 Å². The van der Waals surface area contributed by atoms with Crippen LogP contribution in [-0.2, 0) is 5.41 Å². The molecule has 0 aromatic carbocycles. The standard InChI is InChI=1S/C15H19FN4O/c1-2-5-15(6-8-17-9-7-15)14-19-13(20-21-14)12-4-3-11(16)10-18-12/h3-4,10,17H,2,5-9H2,1H3. The molecule has 1 fully saturated rings. The molecule has 6 heteroatoms. The van der Waals surface area contributed by atoms with Crippen LogP contribution in [0.15, 0.2) is 22.9 Å². The minimum atomic E-state index is -0.372. The van der Waals surface area contributed by atoms with Gasteiger partial charge in [0.05, 0.1) is 11.6 Å². The van der Waals surface area contributed by atoms with Crippen LogP contribution in [0.2, 0.25) is 0 Å². The van der Waals surface area contributed by atoms with E-state index in [0.29, 0.717) is 17.4 Å². The molecule has 2 aromatic rings. The highest BCUT2D eigenvalue weighted by Gasteiger charge is 2.38. The van der Waals surface area contributed by atoms with E-state index in [9.17, 15) is 4.39 Å². The summed E-state index contributed by atoms with van der Waals surface area (Å²) in [5.74, 6) is 0.745. The fourth-order valence-corrected chi connectivity index (χ4v) is 3.01. The second-order valence-corrected chi connectivity index (χ2v) is 5.57. The highest BCUT2D eigenvalue weighted by Crippen LogP contribution is 2.37. The molecule has 0 aliphatic carbocycles. The van der Waals surface area contributed by atoms with E-state index in [1.165, 1.54) is 6.07 Å². The molecule has 21 heavy (non-hydrogen) atoms. The van der Waals surface area contributed by atoms with Crippen molar-refractivity contribution < 1.29 is 8.91 Å². The van der Waals surface area contributed by atoms with E-state index in [-0.39, 0.29) is 11.2 Å². The van der Waals surface area contributed by atoms with Crippen LogP contribution in [0.5, 0.6) is 0 Å². The van der Waals surface area contributed by atoms with Gasteiger partial charge >= 0.3 is 0 Å². The van der Waals surface area contributed by atoms with E-state index in [2.05, 4.69) is 27.4 Å². The fourth-order valence-electron chi connectivity index (χ4n) is 3.01. The minimum Gasteiger partial charge on any atom is -0.338 e. The molecule has 0 amide bonds. The van der Waals surface area contributed by atoms with Crippen LogP contribution in [0.25, 0.3) is 11.5 Å². The molecule has 112 valence electrons. The van der Waals surface area contributed by atoms with Gasteiger partial charge in [-0.1, -0.05) is 18.5 Å². The average molecular weight is 290 g/mol. The summed E-state index contributed by atoms with van der Waals surface area (Å²) in [5.41, 5.74) is 0.498. The molecular weight excluding hydrogens is 271 g/mol. The molecule has 0 radical (unpaired) electrons. The zero-order chi connectivity index (χ0) is 14.7. The fraction of sp³-hybridized carbons (Fsp3) is 0.533. The van der Waals surface area contributed by atoms with Gasteiger partial charge in [0, 0.05) is 0 Å². The third kappa shape index (κ3) is 2.81. The van der Waals surface area contributed by atoms with Gasteiger partial charge < -0.3 is 9.84 Å². The summed E-state index contributed by atoms with van der Waals surface area (Å²) < 4.78 is 18.4. The largest absolute Gasteiger partial charge is 0.338 e. The van der Waals surface area contributed by atoms with Gasteiger partial charge in [-0.05, 0) is 44.5 Å². The van der Waals surface area contributed by atoms with E-state index >= 15 is 0 Å². The monoisotopic (exact) mass is 290 g/mol. The number of rotatable bonds is 4. The zero-order valence-electron chi connectivity index (χ0n) is 12.1. The van der Waals surface area contributed by atoms with E-state index < -0.39 is 0 Å². The Kier molecular flexibility index (Phi) is 3.96. The lowest BCUT2D eigenvalue weighted by Gasteiger charge is -2.34. The highest BCUT2D eigenvalue weighted by molar-refractivity contribution is 5.47. The highest BCUT2D eigenvalue weighted by atomic mass is 19.1. The molecule has 3 rings (SSSR count). The van der Waals surface area contributed by atoms with Crippen LogP contribution in [0, 0.1) is 5.82 Å². The number of halogens is 1. The first-order chi connectivity index (χ1) is 10.2. The number of piperidine rings is 1. The van der Waals surface area contributed by atoms with Gasteiger partial charge in [-0.2, -0.15) is 4.98 Å². The Bertz CT molecular complexity index is 584. The van der Waals surface area contributed by atoms with Crippen LogP contribution in [-0.4, -0.2) is 28.2 Å². The number of nitrogens with zero attached hydrogens (tertiary/aromatic N) is 3. The minimum absolute atomic E-state index is 0.0364. The van der Waals surface area contributed by atoms with Crippen molar-refractivity contribution in [3.63, 3.8) is 0 Å². The first-order valence-corrected chi connectivity index (χ1v) is 7.40. The van der Waals surface area contributed by atoms with Crippen LogP contribution in [0.1, 0.15) is 38.5 Å². The Morgan fingerprint density at radius 2 is 2.14 bits per heavy atom. The third-order valence-electron chi connectivity index (χ3n) is 4.13. The molecule has 0 spiro atoms. The van der Waals surface area contributed by atoms with Crippen LogP contribution in [0.4, 0.5) is 4.39 Å². The summed E-state index contributed by atoms with van der Waals surface area (Å²) in [6.45, 7) is 4.10. The molecule has 0 atom stereocenters. The van der Waals surface area contributed by atoms with E-state index in [1.807, 2.05) is 0 Å².